The van der Waals surface area contributed by atoms with E-state index in [2.05, 4.69) is 9.99 Å². The Morgan fingerprint density at radius 1 is 1.07 bits per heavy atom. The molecule has 0 aliphatic rings. The molecule has 0 spiro atoms. The first-order chi connectivity index (χ1) is 14.2. The molecule has 0 fully saturated rings. The largest absolute Gasteiger partial charge is 0.490 e. The van der Waals surface area contributed by atoms with E-state index in [1.165, 1.54) is 6.07 Å². The van der Waals surface area contributed by atoms with E-state index in [0.29, 0.717) is 18.1 Å². The minimum absolute atomic E-state index is 0.116. The standard InChI is InChI=1S/C22H23F4NO3/c1-5-6-9-29-18-10-14(2)20(15(3)11-18)30-13-17-8-7-16(12-19(17)23)21(27-28-4)22(24,25)26/h5-8,10-12H,9,13H2,1-4H3/b6-5+,27-21-. The van der Waals surface area contributed by atoms with Crippen LogP contribution in [0.2, 0.25) is 0 Å². The van der Waals surface area contributed by atoms with Gasteiger partial charge >= 0.3 is 6.18 Å². The van der Waals surface area contributed by atoms with Gasteiger partial charge in [-0.25, -0.2) is 4.39 Å². The van der Waals surface area contributed by atoms with E-state index < -0.39 is 23.3 Å². The van der Waals surface area contributed by atoms with Gasteiger partial charge in [0.2, 0.25) is 0 Å². The molecule has 4 nitrogen and oxygen atoms in total. The Bertz CT molecular complexity index is 913. The first-order valence-electron chi connectivity index (χ1n) is 9.12. The molecule has 8 heteroatoms. The number of halogens is 4. The Labute approximate surface area is 172 Å². The minimum atomic E-state index is -4.77. The lowest BCUT2D eigenvalue weighted by Gasteiger charge is -2.15. The molecule has 0 radical (unpaired) electrons. The molecule has 0 saturated carbocycles. The van der Waals surface area contributed by atoms with Crippen molar-refractivity contribution in [2.24, 2.45) is 5.16 Å². The third-order valence-corrected chi connectivity index (χ3v) is 4.17. The molecule has 0 atom stereocenters. The van der Waals surface area contributed by atoms with Crippen molar-refractivity contribution in [3.05, 3.63) is 70.6 Å². The van der Waals surface area contributed by atoms with Crippen LogP contribution in [-0.2, 0) is 11.4 Å². The zero-order chi connectivity index (χ0) is 22.3. The summed E-state index contributed by atoms with van der Waals surface area (Å²) in [6, 6.07) is 6.75. The molecular weight excluding hydrogens is 402 g/mol. The fourth-order valence-corrected chi connectivity index (χ4v) is 2.78. The van der Waals surface area contributed by atoms with Gasteiger partial charge in [-0.2, -0.15) is 13.2 Å². The van der Waals surface area contributed by atoms with Crippen LogP contribution in [0.15, 0.2) is 47.6 Å². The van der Waals surface area contributed by atoms with E-state index in [4.69, 9.17) is 9.47 Å². The van der Waals surface area contributed by atoms with Crippen molar-refractivity contribution in [2.45, 2.75) is 33.6 Å². The number of allylic oxidation sites excluding steroid dienone is 1. The average Bonchev–Trinajstić information content (AvgIpc) is 2.66. The Balaban J connectivity index is 2.17. The van der Waals surface area contributed by atoms with Crippen LogP contribution in [-0.4, -0.2) is 25.6 Å². The summed E-state index contributed by atoms with van der Waals surface area (Å²) < 4.78 is 64.9. The van der Waals surface area contributed by atoms with Gasteiger partial charge < -0.3 is 14.3 Å². The fraction of sp³-hybridized carbons (Fsp3) is 0.318. The predicted molar refractivity (Wildman–Crippen MR) is 107 cm³/mol. The van der Waals surface area contributed by atoms with Gasteiger partial charge in [0.25, 0.3) is 0 Å². The zero-order valence-electron chi connectivity index (χ0n) is 17.1. The van der Waals surface area contributed by atoms with Gasteiger partial charge in [-0.3, -0.25) is 0 Å². The summed E-state index contributed by atoms with van der Waals surface area (Å²) in [5.74, 6) is 0.416. The maximum absolute atomic E-state index is 14.4. The number of aryl methyl sites for hydroxylation is 2. The molecule has 2 aromatic carbocycles. The normalized spacial score (nSPS) is 12.3. The number of nitrogens with zero attached hydrogens (tertiary/aromatic N) is 1. The molecule has 0 bridgehead atoms. The molecule has 2 rings (SSSR count). The fourth-order valence-electron chi connectivity index (χ4n) is 2.78. The molecule has 0 amide bonds. The Hall–Kier alpha value is -3.03. The summed E-state index contributed by atoms with van der Waals surface area (Å²) in [5.41, 5.74) is -0.0229. The van der Waals surface area contributed by atoms with Crippen molar-refractivity contribution in [3.63, 3.8) is 0 Å². The summed E-state index contributed by atoms with van der Waals surface area (Å²) in [4.78, 5) is 4.23. The third-order valence-electron chi connectivity index (χ3n) is 4.17. The Kier molecular flexibility index (Phi) is 7.86. The molecule has 0 saturated heterocycles. The molecule has 0 aromatic heterocycles. The summed E-state index contributed by atoms with van der Waals surface area (Å²) >= 11 is 0. The number of benzene rings is 2. The molecule has 0 aliphatic carbocycles. The van der Waals surface area contributed by atoms with Crippen molar-refractivity contribution < 1.29 is 31.9 Å². The molecule has 0 N–H and O–H groups in total. The van der Waals surface area contributed by atoms with E-state index in [1.54, 1.807) is 0 Å². The minimum Gasteiger partial charge on any atom is -0.490 e. The van der Waals surface area contributed by atoms with Gasteiger partial charge in [0.1, 0.15) is 37.6 Å². The highest BCUT2D eigenvalue weighted by molar-refractivity contribution is 6.04. The van der Waals surface area contributed by atoms with Crippen LogP contribution in [0.1, 0.15) is 29.2 Å². The summed E-state index contributed by atoms with van der Waals surface area (Å²) in [5, 5.41) is 2.97. The lowest BCUT2D eigenvalue weighted by atomic mass is 10.1. The molecule has 2 aromatic rings. The van der Waals surface area contributed by atoms with Crippen molar-refractivity contribution in [3.8, 4) is 11.5 Å². The second-order valence-electron chi connectivity index (χ2n) is 6.48. The van der Waals surface area contributed by atoms with E-state index in [1.807, 2.05) is 45.1 Å². The number of oxime groups is 1. The van der Waals surface area contributed by atoms with Crippen molar-refractivity contribution in [1.29, 1.82) is 0 Å². The molecule has 30 heavy (non-hydrogen) atoms. The van der Waals surface area contributed by atoms with Gasteiger partial charge in [0.05, 0.1) is 0 Å². The monoisotopic (exact) mass is 425 g/mol. The first-order valence-corrected chi connectivity index (χ1v) is 9.12. The van der Waals surface area contributed by atoms with Crippen molar-refractivity contribution in [1.82, 2.24) is 0 Å². The molecule has 0 aliphatic heterocycles. The van der Waals surface area contributed by atoms with Crippen LogP contribution in [0.5, 0.6) is 11.5 Å². The van der Waals surface area contributed by atoms with E-state index in [0.717, 1.165) is 30.4 Å². The van der Waals surface area contributed by atoms with Crippen LogP contribution in [0.25, 0.3) is 0 Å². The smallest absolute Gasteiger partial charge is 0.437 e. The second-order valence-corrected chi connectivity index (χ2v) is 6.48. The van der Waals surface area contributed by atoms with Crippen LogP contribution in [0.4, 0.5) is 17.6 Å². The second kappa shape index (κ2) is 10.1. The van der Waals surface area contributed by atoms with Gasteiger partial charge in [0.15, 0.2) is 5.71 Å². The number of hydrogen-bond acceptors (Lipinski definition) is 4. The molecule has 0 heterocycles. The first kappa shape index (κ1) is 23.3. The number of rotatable bonds is 8. The third kappa shape index (κ3) is 5.98. The van der Waals surface area contributed by atoms with Gasteiger partial charge in [-0.1, -0.05) is 29.4 Å². The van der Waals surface area contributed by atoms with Crippen LogP contribution in [0, 0.1) is 19.7 Å². The highest BCUT2D eigenvalue weighted by Crippen LogP contribution is 2.30. The van der Waals surface area contributed by atoms with E-state index in [9.17, 15) is 17.6 Å². The summed E-state index contributed by atoms with van der Waals surface area (Å²) in [6.45, 7) is 5.87. The molecule has 0 unspecified atom stereocenters. The van der Waals surface area contributed by atoms with Crippen molar-refractivity contribution in [2.75, 3.05) is 13.7 Å². The lowest BCUT2D eigenvalue weighted by molar-refractivity contribution is -0.0608. The van der Waals surface area contributed by atoms with Gasteiger partial charge in [0, 0.05) is 11.1 Å². The van der Waals surface area contributed by atoms with Gasteiger partial charge in [-0.05, 0) is 50.1 Å². The number of alkyl halides is 3. The SMILES string of the molecule is C/C=C/COc1cc(C)c(OCc2ccc(/C(=N/OC)C(F)(F)F)cc2F)c(C)c1. The quantitative estimate of drug-likeness (QED) is 0.229. The maximum atomic E-state index is 14.4. The highest BCUT2D eigenvalue weighted by Gasteiger charge is 2.38. The number of ether oxygens (including phenoxy) is 2. The molecule has 162 valence electrons. The number of hydrogen-bond donors (Lipinski definition) is 0. The Morgan fingerprint density at radius 3 is 2.27 bits per heavy atom. The molecular formula is C22H23F4NO3. The van der Waals surface area contributed by atoms with Crippen LogP contribution < -0.4 is 9.47 Å². The van der Waals surface area contributed by atoms with Crippen LogP contribution in [0.3, 0.4) is 0 Å². The highest BCUT2D eigenvalue weighted by atomic mass is 19.4. The van der Waals surface area contributed by atoms with Gasteiger partial charge in [-0.15, -0.1) is 0 Å². The van der Waals surface area contributed by atoms with Crippen LogP contribution >= 0.6 is 0 Å². The maximum Gasteiger partial charge on any atom is 0.437 e. The lowest BCUT2D eigenvalue weighted by Crippen LogP contribution is -2.24. The van der Waals surface area contributed by atoms with E-state index in [-0.39, 0.29) is 12.2 Å². The Morgan fingerprint density at radius 2 is 1.73 bits per heavy atom. The summed E-state index contributed by atoms with van der Waals surface area (Å²) in [7, 11) is 0.992. The zero-order valence-corrected chi connectivity index (χ0v) is 17.1. The topological polar surface area (TPSA) is 40.0 Å². The average molecular weight is 425 g/mol. The predicted octanol–water partition coefficient (Wildman–Crippen LogP) is 5.89. The summed E-state index contributed by atoms with van der Waals surface area (Å²) in [6.07, 6.45) is -1.01. The van der Waals surface area contributed by atoms with Crippen molar-refractivity contribution >= 4 is 5.71 Å². The van der Waals surface area contributed by atoms with E-state index >= 15 is 0 Å².